The first-order valence-corrected chi connectivity index (χ1v) is 4.85. The number of hydrogen-bond donors (Lipinski definition) is 2. The van der Waals surface area contributed by atoms with Crippen LogP contribution in [0.1, 0.15) is 5.56 Å². The zero-order valence-electron chi connectivity index (χ0n) is 6.94. The van der Waals surface area contributed by atoms with Crippen LogP contribution in [0.2, 0.25) is 0 Å². The van der Waals surface area contributed by atoms with Gasteiger partial charge in [-0.05, 0) is 24.6 Å². The zero-order chi connectivity index (χ0) is 9.42. The maximum absolute atomic E-state index is 10.7. The molecule has 2 aromatic rings. The molecule has 68 valence electrons. The quantitative estimate of drug-likeness (QED) is 0.678. The molecule has 0 aliphatic heterocycles. The minimum absolute atomic E-state index is 0.0978. The van der Waals surface area contributed by atoms with Crippen LogP contribution < -0.4 is 0 Å². The van der Waals surface area contributed by atoms with E-state index in [9.17, 15) is 4.21 Å². The fourth-order valence-corrected chi connectivity index (χ4v) is 1.56. The molecule has 2 rings (SSSR count). The van der Waals surface area contributed by atoms with Crippen molar-refractivity contribution in [1.29, 1.82) is 0 Å². The van der Waals surface area contributed by atoms with Gasteiger partial charge in [-0.15, -0.1) is 0 Å². The molecule has 0 spiro atoms. The number of nitrogens with zero attached hydrogens (tertiary/aromatic N) is 1. The van der Waals surface area contributed by atoms with Crippen LogP contribution in [0.4, 0.5) is 0 Å². The van der Waals surface area contributed by atoms with Crippen molar-refractivity contribution in [2.75, 3.05) is 0 Å². The average Bonchev–Trinajstić information content (AvgIpc) is 2.46. The molecule has 13 heavy (non-hydrogen) atoms. The first-order valence-electron chi connectivity index (χ1n) is 3.74. The lowest BCUT2D eigenvalue weighted by Gasteiger charge is -1.89. The van der Waals surface area contributed by atoms with Crippen molar-refractivity contribution < 1.29 is 8.76 Å². The first kappa shape index (κ1) is 8.40. The van der Waals surface area contributed by atoms with Gasteiger partial charge in [0.05, 0.1) is 11.0 Å². The fraction of sp³-hybridized carbons (Fsp3) is 0.125. The summed E-state index contributed by atoms with van der Waals surface area (Å²) in [5.41, 5.74) is 2.59. The third-order valence-corrected chi connectivity index (χ3v) is 2.31. The van der Waals surface area contributed by atoms with E-state index in [2.05, 4.69) is 9.97 Å². The molecule has 5 heteroatoms. The second-order valence-electron chi connectivity index (χ2n) is 2.81. The maximum atomic E-state index is 10.7. The summed E-state index contributed by atoms with van der Waals surface area (Å²) in [4.78, 5) is 6.72. The van der Waals surface area contributed by atoms with Gasteiger partial charge in [-0.2, -0.15) is 0 Å². The molecule has 0 bridgehead atoms. The number of rotatable bonds is 1. The standard InChI is InChI=1S/C8H8N2O2S/c1-5-2-3-6-7(4-5)10-8(9-6)13(11)12/h2-4H,1H3,(H,9,10)(H,11,12). The second kappa shape index (κ2) is 2.93. The Bertz CT molecular complexity index is 478. The van der Waals surface area contributed by atoms with Crippen LogP contribution in [-0.2, 0) is 11.1 Å². The number of imidazole rings is 1. The number of benzene rings is 1. The van der Waals surface area contributed by atoms with Crippen LogP contribution in [0.15, 0.2) is 23.4 Å². The van der Waals surface area contributed by atoms with E-state index in [1.807, 2.05) is 25.1 Å². The van der Waals surface area contributed by atoms with E-state index in [1.165, 1.54) is 0 Å². The molecule has 1 heterocycles. The molecule has 0 aliphatic carbocycles. The minimum atomic E-state index is -2.03. The van der Waals surface area contributed by atoms with Crippen molar-refractivity contribution in [2.45, 2.75) is 12.1 Å². The smallest absolute Gasteiger partial charge is 0.225 e. The SMILES string of the molecule is Cc1ccc2nc(S(=O)O)[nH]c2c1. The monoisotopic (exact) mass is 196 g/mol. The summed E-state index contributed by atoms with van der Waals surface area (Å²) in [6, 6.07) is 5.61. The lowest BCUT2D eigenvalue weighted by molar-refractivity contribution is 0.557. The number of hydrogen-bond acceptors (Lipinski definition) is 2. The molecular formula is C8H8N2O2S. The zero-order valence-corrected chi connectivity index (χ0v) is 7.76. The summed E-state index contributed by atoms with van der Waals surface area (Å²) < 4.78 is 19.4. The molecule has 1 aromatic heterocycles. The van der Waals surface area contributed by atoms with Crippen LogP contribution in [0.5, 0.6) is 0 Å². The number of fused-ring (bicyclic) bond motifs is 1. The second-order valence-corrected chi connectivity index (χ2v) is 3.70. The predicted octanol–water partition coefficient (Wildman–Crippen LogP) is 1.45. The molecule has 2 N–H and O–H groups in total. The lowest BCUT2D eigenvalue weighted by Crippen LogP contribution is -1.89. The van der Waals surface area contributed by atoms with Crippen molar-refractivity contribution in [3.05, 3.63) is 23.8 Å². The molecule has 0 saturated heterocycles. The average molecular weight is 196 g/mol. The predicted molar refractivity (Wildman–Crippen MR) is 49.9 cm³/mol. The normalized spacial score (nSPS) is 13.4. The Kier molecular flexibility index (Phi) is 1.90. The summed E-state index contributed by atoms with van der Waals surface area (Å²) in [6.45, 7) is 1.95. The van der Waals surface area contributed by atoms with Crippen molar-refractivity contribution >= 4 is 22.1 Å². The molecule has 0 radical (unpaired) electrons. The number of aromatic nitrogens is 2. The van der Waals surface area contributed by atoms with Crippen molar-refractivity contribution in [3.63, 3.8) is 0 Å². The number of aryl methyl sites for hydroxylation is 1. The van der Waals surface area contributed by atoms with Crippen molar-refractivity contribution in [1.82, 2.24) is 9.97 Å². The van der Waals surface area contributed by atoms with E-state index in [0.29, 0.717) is 5.52 Å². The molecule has 0 saturated carbocycles. The van der Waals surface area contributed by atoms with Gasteiger partial charge in [0, 0.05) is 0 Å². The molecule has 0 aliphatic rings. The van der Waals surface area contributed by atoms with E-state index < -0.39 is 11.1 Å². The molecule has 0 amide bonds. The summed E-state index contributed by atoms with van der Waals surface area (Å²) in [5.74, 6) is 0. The van der Waals surface area contributed by atoms with Crippen molar-refractivity contribution in [2.24, 2.45) is 0 Å². The van der Waals surface area contributed by atoms with Crippen LogP contribution in [0.3, 0.4) is 0 Å². The maximum Gasteiger partial charge on any atom is 0.225 e. The summed E-state index contributed by atoms with van der Waals surface area (Å²) in [7, 11) is 0. The Morgan fingerprint density at radius 1 is 1.54 bits per heavy atom. The van der Waals surface area contributed by atoms with E-state index in [4.69, 9.17) is 4.55 Å². The van der Waals surface area contributed by atoms with Gasteiger partial charge in [-0.1, -0.05) is 6.07 Å². The Labute approximate surface area is 77.3 Å². The van der Waals surface area contributed by atoms with Crippen LogP contribution >= 0.6 is 0 Å². The van der Waals surface area contributed by atoms with Crippen molar-refractivity contribution in [3.8, 4) is 0 Å². The third kappa shape index (κ3) is 1.48. The Balaban J connectivity index is 2.68. The van der Waals surface area contributed by atoms with Crippen LogP contribution in [0, 0.1) is 6.92 Å². The molecule has 1 unspecified atom stereocenters. The molecular weight excluding hydrogens is 188 g/mol. The van der Waals surface area contributed by atoms with Gasteiger partial charge in [-0.25, -0.2) is 9.19 Å². The van der Waals surface area contributed by atoms with E-state index in [0.717, 1.165) is 11.1 Å². The van der Waals surface area contributed by atoms with Crippen LogP contribution in [0.25, 0.3) is 11.0 Å². The van der Waals surface area contributed by atoms with Gasteiger partial charge in [0.2, 0.25) is 16.2 Å². The third-order valence-electron chi connectivity index (χ3n) is 1.78. The Hall–Kier alpha value is -1.20. The summed E-state index contributed by atoms with van der Waals surface area (Å²) in [6.07, 6.45) is 0. The topological polar surface area (TPSA) is 66.0 Å². The first-order chi connectivity index (χ1) is 6.16. The highest BCUT2D eigenvalue weighted by atomic mass is 32.2. The van der Waals surface area contributed by atoms with Gasteiger partial charge in [0.25, 0.3) is 0 Å². The number of H-pyrrole nitrogens is 1. The number of nitrogens with one attached hydrogen (secondary N) is 1. The van der Waals surface area contributed by atoms with Crippen LogP contribution in [-0.4, -0.2) is 18.7 Å². The van der Waals surface area contributed by atoms with E-state index >= 15 is 0 Å². The van der Waals surface area contributed by atoms with E-state index in [1.54, 1.807) is 0 Å². The summed E-state index contributed by atoms with van der Waals surface area (Å²) in [5, 5.41) is 0.0978. The molecule has 1 aromatic carbocycles. The molecule has 1 atom stereocenters. The Morgan fingerprint density at radius 3 is 3.00 bits per heavy atom. The van der Waals surface area contributed by atoms with Gasteiger partial charge < -0.3 is 4.98 Å². The van der Waals surface area contributed by atoms with Gasteiger partial charge >= 0.3 is 0 Å². The van der Waals surface area contributed by atoms with Gasteiger partial charge in [0.1, 0.15) is 0 Å². The highest BCUT2D eigenvalue weighted by molar-refractivity contribution is 7.79. The number of aromatic amines is 1. The highest BCUT2D eigenvalue weighted by Gasteiger charge is 2.06. The summed E-state index contributed by atoms with van der Waals surface area (Å²) >= 11 is -2.03. The van der Waals surface area contributed by atoms with Gasteiger partial charge in [-0.3, -0.25) is 4.55 Å². The molecule has 0 fully saturated rings. The minimum Gasteiger partial charge on any atom is -0.329 e. The fourth-order valence-electron chi connectivity index (χ4n) is 1.18. The highest BCUT2D eigenvalue weighted by Crippen LogP contribution is 2.14. The Morgan fingerprint density at radius 2 is 2.31 bits per heavy atom. The molecule has 4 nitrogen and oxygen atoms in total. The van der Waals surface area contributed by atoms with Gasteiger partial charge in [0.15, 0.2) is 0 Å². The largest absolute Gasteiger partial charge is 0.329 e. The van der Waals surface area contributed by atoms with E-state index in [-0.39, 0.29) is 5.16 Å². The lowest BCUT2D eigenvalue weighted by atomic mass is 10.2.